The van der Waals surface area contributed by atoms with E-state index in [4.69, 9.17) is 9.47 Å². The van der Waals surface area contributed by atoms with Gasteiger partial charge in [-0.3, -0.25) is 4.79 Å². The Hall–Kier alpha value is -2.61. The van der Waals surface area contributed by atoms with Crippen molar-refractivity contribution in [2.45, 2.75) is 13.8 Å². The van der Waals surface area contributed by atoms with Gasteiger partial charge >= 0.3 is 0 Å². The highest BCUT2D eigenvalue weighted by Gasteiger charge is 2.19. The first-order valence-corrected chi connectivity index (χ1v) is 8.55. The lowest BCUT2D eigenvalue weighted by Crippen LogP contribution is -2.17. The largest absolute Gasteiger partial charge is 0.486 e. The Morgan fingerprint density at radius 1 is 1.20 bits per heavy atom. The highest BCUT2D eigenvalue weighted by molar-refractivity contribution is 9.10. The number of hydrogen-bond donors (Lipinski definition) is 1. The lowest BCUT2D eigenvalue weighted by molar-refractivity contribution is 0.102. The van der Waals surface area contributed by atoms with Crippen molar-refractivity contribution in [3.05, 3.63) is 45.8 Å². The molecule has 128 valence electrons. The van der Waals surface area contributed by atoms with Crippen molar-refractivity contribution in [1.82, 2.24) is 14.6 Å². The van der Waals surface area contributed by atoms with Gasteiger partial charge < -0.3 is 14.8 Å². The van der Waals surface area contributed by atoms with Gasteiger partial charge in [-0.2, -0.15) is 5.10 Å². The number of carbonyl (C=O) groups excluding carboxylic acids is 1. The number of benzene rings is 1. The predicted octanol–water partition coefficient (Wildman–Crippen LogP) is 3.13. The van der Waals surface area contributed by atoms with Crippen molar-refractivity contribution in [2.24, 2.45) is 0 Å². The van der Waals surface area contributed by atoms with Crippen LogP contribution in [0.2, 0.25) is 0 Å². The van der Waals surface area contributed by atoms with Crippen LogP contribution in [0.25, 0.3) is 5.65 Å². The molecule has 7 nitrogen and oxygen atoms in total. The number of aryl methyl sites for hydroxylation is 2. The number of carbonyl (C=O) groups is 1. The molecule has 0 bridgehead atoms. The number of rotatable bonds is 2. The van der Waals surface area contributed by atoms with Gasteiger partial charge in [-0.1, -0.05) is 0 Å². The predicted molar refractivity (Wildman–Crippen MR) is 95.5 cm³/mol. The maximum Gasteiger partial charge on any atom is 0.261 e. The monoisotopic (exact) mass is 402 g/mol. The number of ether oxygens (including phenoxy) is 2. The van der Waals surface area contributed by atoms with Crippen LogP contribution in [0.1, 0.15) is 21.7 Å². The zero-order valence-corrected chi connectivity index (χ0v) is 15.3. The van der Waals surface area contributed by atoms with Crippen LogP contribution < -0.4 is 14.8 Å². The second kappa shape index (κ2) is 6.03. The molecule has 0 fully saturated rings. The van der Waals surface area contributed by atoms with E-state index in [2.05, 4.69) is 31.3 Å². The minimum Gasteiger partial charge on any atom is -0.486 e. The Kier molecular flexibility index (Phi) is 3.84. The SMILES string of the molecule is Cc1cc(C)n2ncc(C(=O)Nc3cc4c(cc3Br)OCCO4)c2n1. The second-order valence-electron chi connectivity index (χ2n) is 5.76. The summed E-state index contributed by atoms with van der Waals surface area (Å²) in [4.78, 5) is 17.2. The van der Waals surface area contributed by atoms with E-state index in [1.165, 1.54) is 6.20 Å². The zero-order chi connectivity index (χ0) is 17.6. The first-order valence-electron chi connectivity index (χ1n) is 7.75. The molecule has 25 heavy (non-hydrogen) atoms. The number of halogens is 1. The maximum atomic E-state index is 12.7. The van der Waals surface area contributed by atoms with Crippen LogP contribution in [0.15, 0.2) is 28.9 Å². The molecule has 1 N–H and O–H groups in total. The van der Waals surface area contributed by atoms with E-state index in [1.54, 1.807) is 16.6 Å². The molecular weight excluding hydrogens is 388 g/mol. The molecule has 8 heteroatoms. The molecular formula is C17H15BrN4O3. The van der Waals surface area contributed by atoms with Gasteiger partial charge in [0.2, 0.25) is 0 Å². The minimum absolute atomic E-state index is 0.287. The number of nitrogens with one attached hydrogen (secondary N) is 1. The summed E-state index contributed by atoms with van der Waals surface area (Å²) < 4.78 is 13.5. The lowest BCUT2D eigenvalue weighted by Gasteiger charge is -2.20. The van der Waals surface area contributed by atoms with Crippen LogP contribution in [0, 0.1) is 13.8 Å². The van der Waals surface area contributed by atoms with Gasteiger partial charge in [-0.05, 0) is 35.8 Å². The number of fused-ring (bicyclic) bond motifs is 2. The third kappa shape index (κ3) is 2.82. The number of nitrogens with zero attached hydrogens (tertiary/aromatic N) is 3. The molecule has 0 radical (unpaired) electrons. The fourth-order valence-electron chi connectivity index (χ4n) is 2.78. The Morgan fingerprint density at radius 2 is 1.92 bits per heavy atom. The van der Waals surface area contributed by atoms with E-state index in [-0.39, 0.29) is 5.91 Å². The van der Waals surface area contributed by atoms with Gasteiger partial charge in [0.1, 0.15) is 18.8 Å². The Morgan fingerprint density at radius 3 is 2.68 bits per heavy atom. The van der Waals surface area contributed by atoms with Crippen molar-refractivity contribution in [1.29, 1.82) is 0 Å². The maximum absolute atomic E-state index is 12.7. The van der Waals surface area contributed by atoms with E-state index >= 15 is 0 Å². The number of hydrogen-bond acceptors (Lipinski definition) is 5. The summed E-state index contributed by atoms with van der Waals surface area (Å²) >= 11 is 3.45. The highest BCUT2D eigenvalue weighted by atomic mass is 79.9. The molecule has 2 aromatic heterocycles. The van der Waals surface area contributed by atoms with Gasteiger partial charge in [-0.15, -0.1) is 0 Å². The summed E-state index contributed by atoms with van der Waals surface area (Å²) in [6.07, 6.45) is 1.52. The molecule has 0 spiro atoms. The summed E-state index contributed by atoms with van der Waals surface area (Å²) in [7, 11) is 0. The highest BCUT2D eigenvalue weighted by Crippen LogP contribution is 2.38. The zero-order valence-electron chi connectivity index (χ0n) is 13.7. The fraction of sp³-hybridized carbons (Fsp3) is 0.235. The molecule has 0 saturated carbocycles. The molecule has 0 unspecified atom stereocenters. The minimum atomic E-state index is -0.287. The summed E-state index contributed by atoms with van der Waals surface area (Å²) in [5, 5.41) is 7.13. The molecule has 1 aliphatic heterocycles. The van der Waals surface area contributed by atoms with Crippen LogP contribution >= 0.6 is 15.9 Å². The molecule has 4 rings (SSSR count). The molecule has 1 aliphatic rings. The van der Waals surface area contributed by atoms with E-state index in [0.29, 0.717) is 46.1 Å². The molecule has 1 aromatic carbocycles. The van der Waals surface area contributed by atoms with E-state index in [9.17, 15) is 4.79 Å². The Balaban J connectivity index is 1.69. The first-order chi connectivity index (χ1) is 12.0. The smallest absolute Gasteiger partial charge is 0.261 e. The average molecular weight is 403 g/mol. The number of anilines is 1. The summed E-state index contributed by atoms with van der Waals surface area (Å²) in [5.74, 6) is 0.972. The third-order valence-corrected chi connectivity index (χ3v) is 4.56. The van der Waals surface area contributed by atoms with Crippen molar-refractivity contribution in [2.75, 3.05) is 18.5 Å². The molecule has 0 saturated heterocycles. The van der Waals surface area contributed by atoms with Gasteiger partial charge in [0.05, 0.1) is 11.9 Å². The van der Waals surface area contributed by atoms with Crippen LogP contribution in [-0.4, -0.2) is 33.7 Å². The van der Waals surface area contributed by atoms with Gasteiger partial charge in [0, 0.05) is 28.0 Å². The first kappa shape index (κ1) is 15.9. The molecule has 3 heterocycles. The Bertz CT molecular complexity index is 999. The van der Waals surface area contributed by atoms with Crippen molar-refractivity contribution >= 4 is 33.2 Å². The van der Waals surface area contributed by atoms with Crippen LogP contribution in [0.5, 0.6) is 11.5 Å². The van der Waals surface area contributed by atoms with E-state index < -0.39 is 0 Å². The van der Waals surface area contributed by atoms with E-state index in [0.717, 1.165) is 11.4 Å². The molecule has 0 atom stereocenters. The van der Waals surface area contributed by atoms with Crippen LogP contribution in [0.3, 0.4) is 0 Å². The van der Waals surface area contributed by atoms with Crippen LogP contribution in [0.4, 0.5) is 5.69 Å². The lowest BCUT2D eigenvalue weighted by atomic mass is 10.2. The molecule has 3 aromatic rings. The van der Waals surface area contributed by atoms with Gasteiger partial charge in [0.25, 0.3) is 5.91 Å². The average Bonchev–Trinajstić information content (AvgIpc) is 2.99. The quantitative estimate of drug-likeness (QED) is 0.712. The topological polar surface area (TPSA) is 77.8 Å². The van der Waals surface area contributed by atoms with Gasteiger partial charge in [-0.25, -0.2) is 9.50 Å². The molecule has 1 amide bonds. The van der Waals surface area contributed by atoms with E-state index in [1.807, 2.05) is 19.9 Å². The van der Waals surface area contributed by atoms with Crippen molar-refractivity contribution in [3.63, 3.8) is 0 Å². The summed E-state index contributed by atoms with van der Waals surface area (Å²) in [6, 6.07) is 5.44. The van der Waals surface area contributed by atoms with Crippen molar-refractivity contribution in [3.8, 4) is 11.5 Å². The standard InChI is InChI=1S/C17H15BrN4O3/c1-9-5-10(2)22-16(20-9)11(8-19-22)17(23)21-13-7-15-14(6-12(13)18)24-3-4-25-15/h5-8H,3-4H2,1-2H3,(H,21,23). The third-order valence-electron chi connectivity index (χ3n) is 3.90. The fourth-order valence-corrected chi connectivity index (χ4v) is 3.20. The Labute approximate surface area is 152 Å². The van der Waals surface area contributed by atoms with Crippen molar-refractivity contribution < 1.29 is 14.3 Å². The van der Waals surface area contributed by atoms with Crippen LogP contribution in [-0.2, 0) is 0 Å². The summed E-state index contributed by atoms with van der Waals surface area (Å²) in [5.41, 5.74) is 3.29. The molecule has 0 aliphatic carbocycles. The normalized spacial score (nSPS) is 13.1. The number of aromatic nitrogens is 3. The number of amides is 1. The van der Waals surface area contributed by atoms with Gasteiger partial charge in [0.15, 0.2) is 17.1 Å². The summed E-state index contributed by atoms with van der Waals surface area (Å²) in [6.45, 7) is 4.81. The second-order valence-corrected chi connectivity index (χ2v) is 6.62.